The number of hydrogen-bond acceptors (Lipinski definition) is 3. The van der Waals surface area contributed by atoms with Gasteiger partial charge in [-0.3, -0.25) is 9.89 Å². The van der Waals surface area contributed by atoms with Crippen LogP contribution in [0.5, 0.6) is 0 Å². The molecule has 4 rings (SSSR count). The number of carbonyl (C=O) groups is 1. The average Bonchev–Trinajstić information content (AvgIpc) is 3.49. The van der Waals surface area contributed by atoms with E-state index in [0.29, 0.717) is 13.0 Å². The molecule has 2 aliphatic heterocycles. The van der Waals surface area contributed by atoms with Crippen molar-refractivity contribution in [2.45, 2.75) is 18.4 Å². The van der Waals surface area contributed by atoms with Gasteiger partial charge in [0, 0.05) is 36.1 Å². The van der Waals surface area contributed by atoms with Gasteiger partial charge in [-0.2, -0.15) is 5.10 Å². The number of aromatic amines is 1. The van der Waals surface area contributed by atoms with Crippen LogP contribution in [0.15, 0.2) is 98.5 Å². The smallest absolute Gasteiger partial charge is 0.253 e. The summed E-state index contributed by atoms with van der Waals surface area (Å²) in [5.41, 5.74) is 4.44. The van der Waals surface area contributed by atoms with E-state index in [1.165, 1.54) is 0 Å². The minimum absolute atomic E-state index is 0.111. The zero-order valence-electron chi connectivity index (χ0n) is 16.5. The molecule has 5 heteroatoms. The fourth-order valence-corrected chi connectivity index (χ4v) is 3.71. The third-order valence-electron chi connectivity index (χ3n) is 5.26. The highest BCUT2D eigenvalue weighted by atomic mass is 16.2. The first-order valence-corrected chi connectivity index (χ1v) is 9.49. The third kappa shape index (κ3) is 3.85. The van der Waals surface area contributed by atoms with E-state index in [1.54, 1.807) is 24.4 Å². The van der Waals surface area contributed by atoms with Crippen molar-refractivity contribution in [2.24, 2.45) is 0 Å². The van der Waals surface area contributed by atoms with Gasteiger partial charge >= 0.3 is 0 Å². The van der Waals surface area contributed by atoms with Gasteiger partial charge in [0.05, 0.1) is 6.20 Å². The van der Waals surface area contributed by atoms with E-state index in [0.717, 1.165) is 34.5 Å². The highest BCUT2D eigenvalue weighted by Crippen LogP contribution is 2.39. The largest absolute Gasteiger partial charge is 0.371 e. The van der Waals surface area contributed by atoms with Gasteiger partial charge in [0.25, 0.3) is 5.91 Å². The topological polar surface area (TPSA) is 61.0 Å². The molecule has 5 nitrogen and oxygen atoms in total. The summed E-state index contributed by atoms with van der Waals surface area (Å²) < 4.78 is 0. The van der Waals surface area contributed by atoms with Gasteiger partial charge in [0.2, 0.25) is 0 Å². The van der Waals surface area contributed by atoms with E-state index < -0.39 is 5.54 Å². The van der Waals surface area contributed by atoms with Crippen molar-refractivity contribution in [3.63, 3.8) is 0 Å². The van der Waals surface area contributed by atoms with Gasteiger partial charge in [-0.1, -0.05) is 56.7 Å². The first-order valence-electron chi connectivity index (χ1n) is 9.49. The van der Waals surface area contributed by atoms with Crippen LogP contribution in [-0.2, 0) is 4.79 Å². The van der Waals surface area contributed by atoms with E-state index in [1.807, 2.05) is 41.4 Å². The number of rotatable bonds is 5. The lowest BCUT2D eigenvalue weighted by Gasteiger charge is -2.25. The lowest BCUT2D eigenvalue weighted by Crippen LogP contribution is -2.48. The maximum absolute atomic E-state index is 13.1. The van der Waals surface area contributed by atoms with Crippen molar-refractivity contribution in [2.75, 3.05) is 11.4 Å². The molecule has 1 unspecified atom stereocenters. The van der Waals surface area contributed by atoms with Crippen molar-refractivity contribution in [1.82, 2.24) is 15.5 Å². The molecule has 2 N–H and O–H groups in total. The Labute approximate surface area is 171 Å². The Morgan fingerprint density at radius 2 is 1.76 bits per heavy atom. The highest BCUT2D eigenvalue weighted by Gasteiger charge is 2.50. The van der Waals surface area contributed by atoms with Gasteiger partial charge in [-0.25, -0.2) is 0 Å². The van der Waals surface area contributed by atoms with E-state index in [9.17, 15) is 4.79 Å². The van der Waals surface area contributed by atoms with Crippen LogP contribution in [0, 0.1) is 0 Å². The quantitative estimate of drug-likeness (QED) is 0.742. The third-order valence-corrected chi connectivity index (χ3v) is 5.26. The van der Waals surface area contributed by atoms with Crippen LogP contribution in [0.3, 0.4) is 0 Å². The Bertz CT molecular complexity index is 925. The lowest BCUT2D eigenvalue weighted by atomic mass is 9.93. The SMILES string of the molecule is C=CC1=C(C=C)NC2(CCN(c3ccc(-c4cn[nH]c4)cc3)C2=O)C1.C=CC=C. The normalized spacial score (nSPS) is 20.1. The lowest BCUT2D eigenvalue weighted by molar-refractivity contribution is -0.122. The molecular formula is C24H26N4O. The molecule has 1 aromatic carbocycles. The molecule has 0 aliphatic carbocycles. The number of carbonyl (C=O) groups excluding carboxylic acids is 1. The average molecular weight is 386 g/mol. The number of nitrogens with zero attached hydrogens (tertiary/aromatic N) is 2. The molecular weight excluding hydrogens is 360 g/mol. The first-order chi connectivity index (χ1) is 14.1. The van der Waals surface area contributed by atoms with Crippen molar-refractivity contribution >= 4 is 11.6 Å². The number of benzene rings is 1. The Hall–Kier alpha value is -3.60. The predicted molar refractivity (Wildman–Crippen MR) is 119 cm³/mol. The zero-order valence-corrected chi connectivity index (χ0v) is 16.5. The molecule has 1 atom stereocenters. The van der Waals surface area contributed by atoms with Crippen molar-refractivity contribution in [3.05, 3.63) is 98.5 Å². The van der Waals surface area contributed by atoms with Crippen LogP contribution in [-0.4, -0.2) is 28.2 Å². The second kappa shape index (κ2) is 8.61. The fraction of sp³-hybridized carbons (Fsp3) is 0.167. The Balaban J connectivity index is 0.000000552. The standard InChI is InChI=1S/C20H20N4O.C4H6/c1-3-14-11-20(23-18(14)4-2)9-10-24(19(20)25)17-7-5-15(6-8-17)16-12-21-22-13-16;1-3-4-2/h3-8,12-13,23H,1-2,9-11H2,(H,21,22);3-4H,1-2H2. The van der Waals surface area contributed by atoms with Gasteiger partial charge in [-0.05, 0) is 35.8 Å². The van der Waals surface area contributed by atoms with E-state index >= 15 is 0 Å². The number of nitrogens with one attached hydrogen (secondary N) is 2. The maximum atomic E-state index is 13.1. The molecule has 148 valence electrons. The van der Waals surface area contributed by atoms with Crippen LogP contribution in [0.25, 0.3) is 11.1 Å². The van der Waals surface area contributed by atoms with Crippen molar-refractivity contribution in [1.29, 1.82) is 0 Å². The Morgan fingerprint density at radius 3 is 2.28 bits per heavy atom. The van der Waals surface area contributed by atoms with Crippen LogP contribution in [0.2, 0.25) is 0 Å². The molecule has 0 bridgehead atoms. The van der Waals surface area contributed by atoms with Gasteiger partial charge in [0.1, 0.15) is 5.54 Å². The number of H-pyrrole nitrogens is 1. The summed E-state index contributed by atoms with van der Waals surface area (Å²) in [6.45, 7) is 15.1. The molecule has 0 radical (unpaired) electrons. The van der Waals surface area contributed by atoms with Gasteiger partial charge < -0.3 is 10.2 Å². The predicted octanol–water partition coefficient (Wildman–Crippen LogP) is 4.53. The molecule has 3 heterocycles. The fourth-order valence-electron chi connectivity index (χ4n) is 3.71. The molecule has 1 saturated heterocycles. The minimum atomic E-state index is -0.559. The summed E-state index contributed by atoms with van der Waals surface area (Å²) in [6.07, 6.45) is 11.9. The summed E-state index contributed by atoms with van der Waals surface area (Å²) in [7, 11) is 0. The zero-order chi connectivity index (χ0) is 20.9. The van der Waals surface area contributed by atoms with Gasteiger partial charge in [0.15, 0.2) is 0 Å². The van der Waals surface area contributed by atoms with Crippen molar-refractivity contribution < 1.29 is 4.79 Å². The summed E-state index contributed by atoms with van der Waals surface area (Å²) in [4.78, 5) is 15.0. The van der Waals surface area contributed by atoms with E-state index in [2.05, 4.69) is 41.8 Å². The van der Waals surface area contributed by atoms with Crippen LogP contribution in [0.4, 0.5) is 5.69 Å². The molecule has 1 fully saturated rings. The molecule has 2 aromatic rings. The summed E-state index contributed by atoms with van der Waals surface area (Å²) in [6, 6.07) is 8.02. The molecule has 0 saturated carbocycles. The molecule has 29 heavy (non-hydrogen) atoms. The summed E-state index contributed by atoms with van der Waals surface area (Å²) in [5.74, 6) is 0.111. The van der Waals surface area contributed by atoms with Crippen LogP contribution < -0.4 is 10.2 Å². The highest BCUT2D eigenvalue weighted by molar-refractivity contribution is 6.03. The second-order valence-corrected chi connectivity index (χ2v) is 6.94. The van der Waals surface area contributed by atoms with Crippen LogP contribution in [0.1, 0.15) is 12.8 Å². The van der Waals surface area contributed by atoms with Crippen LogP contribution >= 0.6 is 0 Å². The number of allylic oxidation sites excluding steroid dienone is 4. The number of aromatic nitrogens is 2. The monoisotopic (exact) mass is 386 g/mol. The molecule has 2 aliphatic rings. The maximum Gasteiger partial charge on any atom is 0.253 e. The van der Waals surface area contributed by atoms with E-state index in [4.69, 9.17) is 0 Å². The summed E-state index contributed by atoms with van der Waals surface area (Å²) in [5, 5.41) is 10.2. The second-order valence-electron chi connectivity index (χ2n) is 6.94. The summed E-state index contributed by atoms with van der Waals surface area (Å²) >= 11 is 0. The number of hydrogen-bond donors (Lipinski definition) is 2. The molecule has 1 amide bonds. The minimum Gasteiger partial charge on any atom is -0.371 e. The van der Waals surface area contributed by atoms with E-state index in [-0.39, 0.29) is 5.91 Å². The molecule has 1 spiro atoms. The Kier molecular flexibility index (Phi) is 5.98. The number of amides is 1. The number of anilines is 1. The first kappa shape index (κ1) is 20.1. The Morgan fingerprint density at radius 1 is 1.03 bits per heavy atom. The van der Waals surface area contributed by atoms with Crippen molar-refractivity contribution in [3.8, 4) is 11.1 Å². The van der Waals surface area contributed by atoms with Gasteiger partial charge in [-0.15, -0.1) is 0 Å². The molecule has 1 aromatic heterocycles.